The molecule has 6 nitrogen and oxygen atoms in total. The molecule has 3 rings (SSSR count). The van der Waals surface area contributed by atoms with Crippen molar-refractivity contribution in [2.75, 3.05) is 5.32 Å². The first-order valence-electron chi connectivity index (χ1n) is 8.67. The molecule has 0 bridgehead atoms. The minimum absolute atomic E-state index is 0.00968. The van der Waals surface area contributed by atoms with E-state index in [0.29, 0.717) is 17.2 Å². The Bertz CT molecular complexity index is 1000. The molecule has 1 amide bonds. The standard InChI is InChI=1S/C21H19FN4O2/c1-13(27)16-5-9-18(10-6-16)26-20-11-19(24-14(2)25-20)21(28)23-12-15-3-7-17(22)8-4-15/h3-11H,12H2,1-2H3,(H,23,28)(H,24,25,26). The number of benzene rings is 2. The number of halogens is 1. The van der Waals surface area contributed by atoms with Crippen LogP contribution < -0.4 is 10.6 Å². The summed E-state index contributed by atoms with van der Waals surface area (Å²) in [6.45, 7) is 3.46. The van der Waals surface area contributed by atoms with Gasteiger partial charge in [0.25, 0.3) is 5.91 Å². The molecule has 0 unspecified atom stereocenters. The fourth-order valence-corrected chi connectivity index (χ4v) is 2.56. The second-order valence-corrected chi connectivity index (χ2v) is 6.25. The van der Waals surface area contributed by atoms with E-state index in [9.17, 15) is 14.0 Å². The van der Waals surface area contributed by atoms with Crippen molar-refractivity contribution in [3.05, 3.63) is 83.1 Å². The van der Waals surface area contributed by atoms with Crippen LogP contribution in [-0.4, -0.2) is 21.7 Å². The third kappa shape index (κ3) is 4.97. The predicted molar refractivity (Wildman–Crippen MR) is 104 cm³/mol. The van der Waals surface area contributed by atoms with Gasteiger partial charge in [0, 0.05) is 23.9 Å². The van der Waals surface area contributed by atoms with Crippen molar-refractivity contribution in [3.63, 3.8) is 0 Å². The molecule has 0 saturated heterocycles. The van der Waals surface area contributed by atoms with Crippen LogP contribution >= 0.6 is 0 Å². The summed E-state index contributed by atoms with van der Waals surface area (Å²) in [5.74, 6) is 0.218. The van der Waals surface area contributed by atoms with Gasteiger partial charge in [-0.2, -0.15) is 0 Å². The first-order valence-corrected chi connectivity index (χ1v) is 8.67. The van der Waals surface area contributed by atoms with Crippen LogP contribution in [0.5, 0.6) is 0 Å². The van der Waals surface area contributed by atoms with Crippen molar-refractivity contribution in [1.29, 1.82) is 0 Å². The number of ketones is 1. The largest absolute Gasteiger partial charge is 0.347 e. The monoisotopic (exact) mass is 378 g/mol. The maximum absolute atomic E-state index is 13.0. The highest BCUT2D eigenvalue weighted by Gasteiger charge is 2.11. The quantitative estimate of drug-likeness (QED) is 0.638. The lowest BCUT2D eigenvalue weighted by molar-refractivity contribution is 0.0944. The van der Waals surface area contributed by atoms with Crippen molar-refractivity contribution in [2.45, 2.75) is 20.4 Å². The molecule has 2 N–H and O–H groups in total. The van der Waals surface area contributed by atoms with Gasteiger partial charge in [-0.05, 0) is 55.8 Å². The number of hydrogen-bond donors (Lipinski definition) is 2. The summed E-state index contributed by atoms with van der Waals surface area (Å²) in [6, 6.07) is 14.4. The summed E-state index contributed by atoms with van der Waals surface area (Å²) >= 11 is 0. The Kier molecular flexibility index (Phi) is 5.74. The second-order valence-electron chi connectivity index (χ2n) is 6.25. The number of nitrogens with zero attached hydrogens (tertiary/aromatic N) is 2. The third-order valence-electron chi connectivity index (χ3n) is 4.00. The number of aromatic nitrogens is 2. The number of nitrogens with one attached hydrogen (secondary N) is 2. The van der Waals surface area contributed by atoms with Gasteiger partial charge in [0.05, 0.1) is 0 Å². The van der Waals surface area contributed by atoms with E-state index in [4.69, 9.17) is 0 Å². The Balaban J connectivity index is 1.70. The van der Waals surface area contributed by atoms with E-state index in [-0.39, 0.29) is 29.7 Å². The Labute approximate surface area is 161 Å². The average molecular weight is 378 g/mol. The van der Waals surface area contributed by atoms with Crippen molar-refractivity contribution >= 4 is 23.2 Å². The second kappa shape index (κ2) is 8.39. The maximum atomic E-state index is 13.0. The molecule has 142 valence electrons. The molecule has 7 heteroatoms. The summed E-state index contributed by atoms with van der Waals surface area (Å²) in [5, 5.41) is 5.86. The van der Waals surface area contributed by atoms with Crippen LogP contribution in [0.1, 0.15) is 39.2 Å². The van der Waals surface area contributed by atoms with Crippen LogP contribution in [0.15, 0.2) is 54.6 Å². The highest BCUT2D eigenvalue weighted by atomic mass is 19.1. The number of carbonyl (C=O) groups excluding carboxylic acids is 2. The molecule has 28 heavy (non-hydrogen) atoms. The number of amides is 1. The molecule has 3 aromatic rings. The molecule has 2 aromatic carbocycles. The van der Waals surface area contributed by atoms with Gasteiger partial charge >= 0.3 is 0 Å². The fourth-order valence-electron chi connectivity index (χ4n) is 2.56. The Hall–Kier alpha value is -3.61. The van der Waals surface area contributed by atoms with E-state index in [1.165, 1.54) is 19.1 Å². The van der Waals surface area contributed by atoms with Crippen LogP contribution in [0.25, 0.3) is 0 Å². The molecule has 0 radical (unpaired) electrons. The number of Topliss-reactive ketones (excluding diaryl/α,β-unsaturated/α-hetero) is 1. The highest BCUT2D eigenvalue weighted by molar-refractivity contribution is 5.94. The average Bonchev–Trinajstić information content (AvgIpc) is 2.67. The number of aryl methyl sites for hydroxylation is 1. The fraction of sp³-hybridized carbons (Fsp3) is 0.143. The van der Waals surface area contributed by atoms with Crippen molar-refractivity contribution in [1.82, 2.24) is 15.3 Å². The van der Waals surface area contributed by atoms with Gasteiger partial charge in [-0.1, -0.05) is 12.1 Å². The van der Waals surface area contributed by atoms with E-state index >= 15 is 0 Å². The smallest absolute Gasteiger partial charge is 0.270 e. The Morgan fingerprint density at radius 2 is 1.68 bits per heavy atom. The molecular weight excluding hydrogens is 359 g/mol. The SMILES string of the molecule is CC(=O)c1ccc(Nc2cc(C(=O)NCc3ccc(F)cc3)nc(C)n2)cc1. The molecule has 1 heterocycles. The zero-order valence-corrected chi connectivity index (χ0v) is 15.5. The third-order valence-corrected chi connectivity index (χ3v) is 4.00. The van der Waals surface area contributed by atoms with E-state index in [1.54, 1.807) is 49.4 Å². The number of carbonyl (C=O) groups is 2. The molecule has 0 saturated carbocycles. The van der Waals surface area contributed by atoms with Gasteiger partial charge in [0.1, 0.15) is 23.2 Å². The summed E-state index contributed by atoms with van der Waals surface area (Å²) < 4.78 is 13.0. The summed E-state index contributed by atoms with van der Waals surface area (Å²) in [6.07, 6.45) is 0. The number of hydrogen-bond acceptors (Lipinski definition) is 5. The first kappa shape index (κ1) is 19.2. The van der Waals surface area contributed by atoms with Gasteiger partial charge < -0.3 is 10.6 Å². The van der Waals surface area contributed by atoms with Crippen LogP contribution in [0.3, 0.4) is 0 Å². The lowest BCUT2D eigenvalue weighted by Gasteiger charge is -2.10. The molecule has 0 aliphatic rings. The minimum atomic E-state index is -0.357. The Morgan fingerprint density at radius 3 is 2.32 bits per heavy atom. The molecule has 0 spiro atoms. The van der Waals surface area contributed by atoms with E-state index in [1.807, 2.05) is 0 Å². The predicted octanol–water partition coefficient (Wildman–Crippen LogP) is 3.80. The van der Waals surface area contributed by atoms with Gasteiger partial charge in [0.15, 0.2) is 5.78 Å². The minimum Gasteiger partial charge on any atom is -0.347 e. The van der Waals surface area contributed by atoms with Crippen molar-refractivity contribution in [3.8, 4) is 0 Å². The summed E-state index contributed by atoms with van der Waals surface area (Å²) in [7, 11) is 0. The van der Waals surface area contributed by atoms with Crippen LogP contribution in [-0.2, 0) is 6.54 Å². The van der Waals surface area contributed by atoms with Crippen LogP contribution in [0.4, 0.5) is 15.9 Å². The molecule has 0 aliphatic heterocycles. The lowest BCUT2D eigenvalue weighted by Crippen LogP contribution is -2.24. The summed E-state index contributed by atoms with van der Waals surface area (Å²) in [4.78, 5) is 32.2. The highest BCUT2D eigenvalue weighted by Crippen LogP contribution is 2.17. The van der Waals surface area contributed by atoms with E-state index in [0.717, 1.165) is 11.3 Å². The zero-order valence-electron chi connectivity index (χ0n) is 15.5. The van der Waals surface area contributed by atoms with Crippen molar-refractivity contribution < 1.29 is 14.0 Å². The number of rotatable bonds is 6. The zero-order chi connectivity index (χ0) is 20.1. The molecule has 0 atom stereocenters. The van der Waals surface area contributed by atoms with Crippen molar-refractivity contribution in [2.24, 2.45) is 0 Å². The van der Waals surface area contributed by atoms with Crippen LogP contribution in [0, 0.1) is 12.7 Å². The first-order chi connectivity index (χ1) is 13.4. The van der Waals surface area contributed by atoms with Crippen LogP contribution in [0.2, 0.25) is 0 Å². The van der Waals surface area contributed by atoms with E-state index in [2.05, 4.69) is 20.6 Å². The maximum Gasteiger partial charge on any atom is 0.270 e. The molecule has 0 aliphatic carbocycles. The lowest BCUT2D eigenvalue weighted by atomic mass is 10.1. The molecular formula is C21H19FN4O2. The molecule has 0 fully saturated rings. The number of anilines is 2. The van der Waals surface area contributed by atoms with Gasteiger partial charge in [0.2, 0.25) is 0 Å². The molecule has 1 aromatic heterocycles. The van der Waals surface area contributed by atoms with Gasteiger partial charge in [-0.15, -0.1) is 0 Å². The summed E-state index contributed by atoms with van der Waals surface area (Å²) in [5.41, 5.74) is 2.35. The normalized spacial score (nSPS) is 10.4. The van der Waals surface area contributed by atoms with E-state index < -0.39 is 0 Å². The topological polar surface area (TPSA) is 84.0 Å². The van der Waals surface area contributed by atoms with Gasteiger partial charge in [-0.25, -0.2) is 14.4 Å². The Morgan fingerprint density at radius 1 is 1.00 bits per heavy atom. The van der Waals surface area contributed by atoms with Gasteiger partial charge in [-0.3, -0.25) is 9.59 Å².